The maximum absolute atomic E-state index is 12.9. The summed E-state index contributed by atoms with van der Waals surface area (Å²) in [6, 6.07) is 9.06. The smallest absolute Gasteiger partial charge is 0.223 e. The molecule has 1 aromatic carbocycles. The monoisotopic (exact) mass is 334 g/mol. The number of nitriles is 1. The van der Waals surface area contributed by atoms with Crippen LogP contribution >= 0.6 is 0 Å². The van der Waals surface area contributed by atoms with Crippen molar-refractivity contribution in [1.29, 1.82) is 5.26 Å². The highest BCUT2D eigenvalue weighted by Gasteiger charge is 2.47. The minimum absolute atomic E-state index is 0.0429. The molecule has 5 heteroatoms. The van der Waals surface area contributed by atoms with Crippen LogP contribution in [0.25, 0.3) is 10.9 Å². The Balaban J connectivity index is 1.32. The van der Waals surface area contributed by atoms with Gasteiger partial charge in [0.25, 0.3) is 0 Å². The summed E-state index contributed by atoms with van der Waals surface area (Å²) in [5.74, 6) is 0.215. The van der Waals surface area contributed by atoms with Gasteiger partial charge in [0.2, 0.25) is 5.91 Å². The second-order valence-electron chi connectivity index (χ2n) is 7.72. The van der Waals surface area contributed by atoms with Gasteiger partial charge in [0, 0.05) is 28.6 Å². The Bertz CT molecular complexity index is 879. The molecule has 2 bridgehead atoms. The molecule has 2 aromatic rings. The van der Waals surface area contributed by atoms with Gasteiger partial charge >= 0.3 is 0 Å². The van der Waals surface area contributed by atoms with E-state index in [1.54, 1.807) is 0 Å². The number of aryl methyl sites for hydroxylation is 1. The van der Waals surface area contributed by atoms with E-state index in [-0.39, 0.29) is 23.9 Å². The Morgan fingerprint density at radius 3 is 3.00 bits per heavy atom. The van der Waals surface area contributed by atoms with Crippen LogP contribution in [0.2, 0.25) is 0 Å². The zero-order valence-electron chi connectivity index (χ0n) is 14.2. The molecule has 3 heterocycles. The summed E-state index contributed by atoms with van der Waals surface area (Å²) in [6.07, 6.45) is 8.00. The van der Waals surface area contributed by atoms with E-state index in [1.165, 1.54) is 22.2 Å². The molecular formula is C20H22N4O. The van der Waals surface area contributed by atoms with Gasteiger partial charge < -0.3 is 15.2 Å². The van der Waals surface area contributed by atoms with Gasteiger partial charge in [-0.2, -0.15) is 5.26 Å². The maximum Gasteiger partial charge on any atom is 0.223 e. The lowest BCUT2D eigenvalue weighted by Gasteiger charge is -2.27. The van der Waals surface area contributed by atoms with Gasteiger partial charge in [0.05, 0.1) is 12.1 Å². The first-order valence-electron chi connectivity index (χ1n) is 9.31. The van der Waals surface area contributed by atoms with Gasteiger partial charge in [0.15, 0.2) is 6.19 Å². The van der Waals surface area contributed by atoms with Crippen LogP contribution in [-0.4, -0.2) is 33.9 Å². The van der Waals surface area contributed by atoms with Crippen molar-refractivity contribution >= 4 is 16.8 Å². The lowest BCUT2D eigenvalue weighted by molar-refractivity contribution is -0.126. The lowest BCUT2D eigenvalue weighted by Crippen LogP contribution is -2.46. The van der Waals surface area contributed by atoms with Crippen LogP contribution in [-0.2, 0) is 17.6 Å². The van der Waals surface area contributed by atoms with E-state index in [2.05, 4.69) is 34.7 Å². The van der Waals surface area contributed by atoms with Gasteiger partial charge in [-0.15, -0.1) is 0 Å². The van der Waals surface area contributed by atoms with Gasteiger partial charge in [-0.25, -0.2) is 0 Å². The molecule has 1 aliphatic carbocycles. The molecule has 2 fully saturated rings. The quantitative estimate of drug-likeness (QED) is 0.829. The Kier molecular flexibility index (Phi) is 3.27. The molecule has 5 nitrogen and oxygen atoms in total. The van der Waals surface area contributed by atoms with E-state index >= 15 is 0 Å². The van der Waals surface area contributed by atoms with E-state index in [9.17, 15) is 10.1 Å². The summed E-state index contributed by atoms with van der Waals surface area (Å²) >= 11 is 0. The maximum atomic E-state index is 12.9. The standard InChI is InChI=1S/C20H22N4O/c21-11-24-13-6-8-19(24)18(10-13)23-20(25)12-5-7-17-15(9-12)14-3-1-2-4-16(14)22-17/h1-4,12-13,18-19,22H,5-10H2,(H,23,25)/t12?,13-,18+,19+/m0/s1. The lowest BCUT2D eigenvalue weighted by atomic mass is 9.85. The second-order valence-corrected chi connectivity index (χ2v) is 7.72. The number of hydrogen-bond acceptors (Lipinski definition) is 3. The van der Waals surface area contributed by atoms with Crippen LogP contribution in [0.3, 0.4) is 0 Å². The fraction of sp³-hybridized carbons (Fsp3) is 0.500. The van der Waals surface area contributed by atoms with Crippen molar-refractivity contribution in [3.63, 3.8) is 0 Å². The second kappa shape index (κ2) is 5.52. The van der Waals surface area contributed by atoms with Gasteiger partial charge in [-0.3, -0.25) is 4.79 Å². The molecule has 1 amide bonds. The first-order chi connectivity index (χ1) is 12.2. The van der Waals surface area contributed by atoms with Crippen LogP contribution in [0, 0.1) is 17.4 Å². The average molecular weight is 334 g/mol. The third kappa shape index (κ3) is 2.24. The van der Waals surface area contributed by atoms with E-state index < -0.39 is 0 Å². The highest BCUT2D eigenvalue weighted by Crippen LogP contribution is 2.37. The van der Waals surface area contributed by atoms with Crippen molar-refractivity contribution in [3.8, 4) is 6.19 Å². The average Bonchev–Trinajstić information content (AvgIpc) is 3.30. The van der Waals surface area contributed by atoms with Crippen molar-refractivity contribution in [1.82, 2.24) is 15.2 Å². The van der Waals surface area contributed by atoms with Crippen molar-refractivity contribution in [2.45, 2.75) is 56.7 Å². The summed E-state index contributed by atoms with van der Waals surface area (Å²) < 4.78 is 0. The number of para-hydroxylation sites is 1. The van der Waals surface area contributed by atoms with E-state index in [1.807, 2.05) is 11.0 Å². The molecule has 0 radical (unpaired) electrons. The van der Waals surface area contributed by atoms with E-state index in [0.29, 0.717) is 6.04 Å². The number of amides is 1. The molecule has 3 aliphatic rings. The molecule has 4 atom stereocenters. The predicted molar refractivity (Wildman–Crippen MR) is 94.6 cm³/mol. The minimum Gasteiger partial charge on any atom is -0.358 e. The predicted octanol–water partition coefficient (Wildman–Crippen LogP) is 2.48. The highest BCUT2D eigenvalue weighted by molar-refractivity contribution is 5.87. The van der Waals surface area contributed by atoms with Gasteiger partial charge in [0.1, 0.15) is 0 Å². The highest BCUT2D eigenvalue weighted by atomic mass is 16.2. The zero-order chi connectivity index (χ0) is 17.0. The largest absolute Gasteiger partial charge is 0.358 e. The summed E-state index contributed by atoms with van der Waals surface area (Å²) in [6.45, 7) is 0. The molecule has 2 aliphatic heterocycles. The zero-order valence-corrected chi connectivity index (χ0v) is 14.2. The number of aromatic nitrogens is 1. The Morgan fingerprint density at radius 2 is 2.16 bits per heavy atom. The van der Waals surface area contributed by atoms with Crippen molar-refractivity contribution in [2.24, 2.45) is 5.92 Å². The number of benzene rings is 1. The van der Waals surface area contributed by atoms with E-state index in [4.69, 9.17) is 0 Å². The van der Waals surface area contributed by atoms with Crippen LogP contribution in [0.1, 0.15) is 36.9 Å². The molecule has 5 rings (SSSR count). The van der Waals surface area contributed by atoms with Crippen molar-refractivity contribution < 1.29 is 4.79 Å². The van der Waals surface area contributed by atoms with Gasteiger partial charge in [-0.1, -0.05) is 18.2 Å². The molecule has 1 aromatic heterocycles. The molecule has 0 saturated carbocycles. The third-order valence-corrected chi connectivity index (χ3v) is 6.45. The van der Waals surface area contributed by atoms with Crippen LogP contribution in [0.5, 0.6) is 0 Å². The Morgan fingerprint density at radius 1 is 1.28 bits per heavy atom. The van der Waals surface area contributed by atoms with Crippen LogP contribution < -0.4 is 5.32 Å². The third-order valence-electron chi connectivity index (χ3n) is 6.45. The van der Waals surface area contributed by atoms with E-state index in [0.717, 1.165) is 38.5 Å². The first-order valence-corrected chi connectivity index (χ1v) is 9.31. The molecule has 1 unspecified atom stereocenters. The van der Waals surface area contributed by atoms with Gasteiger partial charge in [-0.05, 0) is 50.2 Å². The fourth-order valence-corrected chi connectivity index (χ4v) is 5.19. The number of rotatable bonds is 2. The topological polar surface area (TPSA) is 71.9 Å². The molecule has 2 N–H and O–H groups in total. The number of aromatic amines is 1. The Labute approximate surface area is 147 Å². The minimum atomic E-state index is 0.0429. The number of H-pyrrole nitrogens is 1. The van der Waals surface area contributed by atoms with Crippen molar-refractivity contribution in [3.05, 3.63) is 35.5 Å². The normalized spacial score (nSPS) is 30.3. The molecule has 128 valence electrons. The summed E-state index contributed by atoms with van der Waals surface area (Å²) in [4.78, 5) is 18.3. The van der Waals surface area contributed by atoms with Crippen LogP contribution in [0.4, 0.5) is 0 Å². The fourth-order valence-electron chi connectivity index (χ4n) is 5.19. The van der Waals surface area contributed by atoms with Crippen LogP contribution in [0.15, 0.2) is 24.3 Å². The SMILES string of the molecule is N#CN1[C@H]2CC[C@@H]1[C@H](NC(=O)C1CCc3[nH]c4ccccc4c3C1)C2. The molecule has 0 spiro atoms. The molecular weight excluding hydrogens is 312 g/mol. The molecule has 2 saturated heterocycles. The summed E-state index contributed by atoms with van der Waals surface area (Å²) in [7, 11) is 0. The first kappa shape index (κ1) is 14.8. The summed E-state index contributed by atoms with van der Waals surface area (Å²) in [5.41, 5.74) is 3.78. The molecule has 25 heavy (non-hydrogen) atoms. The Hall–Kier alpha value is -2.48. The van der Waals surface area contributed by atoms with Crippen molar-refractivity contribution in [2.75, 3.05) is 0 Å². The number of nitrogens with one attached hydrogen (secondary N) is 2. The number of carbonyl (C=O) groups excluding carboxylic acids is 1. The number of carbonyl (C=O) groups is 1. The number of fused-ring (bicyclic) bond motifs is 5. The number of nitrogens with zero attached hydrogens (tertiary/aromatic N) is 2. The summed E-state index contributed by atoms with van der Waals surface area (Å²) in [5, 5.41) is 13.8. The number of hydrogen-bond donors (Lipinski definition) is 2.